The summed E-state index contributed by atoms with van der Waals surface area (Å²) in [5, 5.41) is 0. The summed E-state index contributed by atoms with van der Waals surface area (Å²) in [4.78, 5) is 6.78. The number of aromatic nitrogens is 1. The molecule has 0 N–H and O–H groups in total. The highest BCUT2D eigenvalue weighted by atomic mass is 16.5. The molecule has 1 fully saturated rings. The lowest BCUT2D eigenvalue weighted by molar-refractivity contribution is 0.00608. The molecule has 0 spiro atoms. The molecule has 2 atom stereocenters. The Morgan fingerprint density at radius 3 is 3.12 bits per heavy atom. The molecule has 3 nitrogen and oxygen atoms in total. The van der Waals surface area contributed by atoms with Crippen LogP contribution in [0.2, 0.25) is 0 Å². The lowest BCUT2D eigenvalue weighted by atomic mass is 9.95. The fraction of sp³-hybridized carbons (Fsp3) is 0.615. The van der Waals surface area contributed by atoms with E-state index >= 15 is 0 Å². The molecule has 0 radical (unpaired) electrons. The van der Waals surface area contributed by atoms with Crippen LogP contribution < -0.4 is 4.74 Å². The van der Waals surface area contributed by atoms with Crippen LogP contribution in [0.5, 0.6) is 5.88 Å². The largest absolute Gasteiger partial charge is 0.469 e. The summed E-state index contributed by atoms with van der Waals surface area (Å²) in [6, 6.07) is 4.82. The molecule has 3 heteroatoms. The number of hydrogen-bond acceptors (Lipinski definition) is 3. The summed E-state index contributed by atoms with van der Waals surface area (Å²) in [5.74, 6) is 0.832. The van der Waals surface area contributed by atoms with E-state index in [-0.39, 0.29) is 5.60 Å². The predicted octanol–water partition coefficient (Wildman–Crippen LogP) is 1.87. The molecule has 1 aromatic heterocycles. The first-order valence-electron chi connectivity index (χ1n) is 6.03. The maximum absolute atomic E-state index is 6.00. The van der Waals surface area contributed by atoms with Gasteiger partial charge in [0, 0.05) is 37.3 Å². The molecule has 0 bridgehead atoms. The van der Waals surface area contributed by atoms with Crippen molar-refractivity contribution in [1.82, 2.24) is 9.88 Å². The van der Waals surface area contributed by atoms with Crippen molar-refractivity contribution in [2.24, 2.45) is 0 Å². The van der Waals surface area contributed by atoms with Crippen molar-refractivity contribution in [2.75, 3.05) is 13.1 Å². The van der Waals surface area contributed by atoms with E-state index in [4.69, 9.17) is 4.74 Å². The van der Waals surface area contributed by atoms with Crippen molar-refractivity contribution in [3.05, 3.63) is 23.9 Å². The van der Waals surface area contributed by atoms with Crippen molar-refractivity contribution in [3.8, 4) is 5.88 Å². The Morgan fingerprint density at radius 2 is 2.50 bits per heavy atom. The maximum atomic E-state index is 6.00. The Balaban J connectivity index is 1.73. The van der Waals surface area contributed by atoms with Gasteiger partial charge in [-0.2, -0.15) is 0 Å². The Hall–Kier alpha value is -1.09. The molecular formula is C13H18N2O. The van der Waals surface area contributed by atoms with Crippen LogP contribution in [0, 0.1) is 0 Å². The standard InChI is InChI=1S/C13H18N2O/c1-10-5-7-15(10)9-13(2)8-11-4-3-6-14-12(11)16-13/h3-4,6,10H,5,7-9H2,1-2H3/t10?,13-/m0/s1. The SMILES string of the molecule is CC1CCN1C[C@]1(C)Cc2cccnc2O1. The fourth-order valence-corrected chi connectivity index (χ4v) is 2.65. The van der Waals surface area contributed by atoms with Crippen LogP contribution in [0.25, 0.3) is 0 Å². The number of fused-ring (bicyclic) bond motifs is 1. The van der Waals surface area contributed by atoms with Crippen LogP contribution in [0.1, 0.15) is 25.8 Å². The summed E-state index contributed by atoms with van der Waals surface area (Å²) in [6.07, 6.45) is 4.11. The third-order valence-corrected chi connectivity index (χ3v) is 3.75. The molecule has 3 heterocycles. The van der Waals surface area contributed by atoms with E-state index in [0.717, 1.165) is 24.9 Å². The zero-order valence-corrected chi connectivity index (χ0v) is 9.94. The highest BCUT2D eigenvalue weighted by molar-refractivity contribution is 5.32. The fourth-order valence-electron chi connectivity index (χ4n) is 2.65. The van der Waals surface area contributed by atoms with E-state index in [1.807, 2.05) is 6.07 Å². The minimum atomic E-state index is -0.0780. The smallest absolute Gasteiger partial charge is 0.217 e. The van der Waals surface area contributed by atoms with Crippen molar-refractivity contribution in [1.29, 1.82) is 0 Å². The van der Waals surface area contributed by atoms with Gasteiger partial charge in [-0.05, 0) is 26.3 Å². The van der Waals surface area contributed by atoms with Gasteiger partial charge in [-0.25, -0.2) is 4.98 Å². The molecule has 0 amide bonds. The zero-order valence-electron chi connectivity index (χ0n) is 9.94. The third-order valence-electron chi connectivity index (χ3n) is 3.75. The summed E-state index contributed by atoms with van der Waals surface area (Å²) in [7, 11) is 0. The summed E-state index contributed by atoms with van der Waals surface area (Å²) in [6.45, 7) is 6.71. The Kier molecular flexibility index (Phi) is 2.18. The molecule has 1 unspecified atom stereocenters. The summed E-state index contributed by atoms with van der Waals surface area (Å²) >= 11 is 0. The van der Waals surface area contributed by atoms with E-state index in [2.05, 4.69) is 29.8 Å². The Bertz CT molecular complexity index is 380. The Labute approximate surface area is 96.4 Å². The summed E-state index contributed by atoms with van der Waals surface area (Å²) in [5.41, 5.74) is 1.17. The molecule has 3 rings (SSSR count). The van der Waals surface area contributed by atoms with E-state index in [9.17, 15) is 0 Å². The monoisotopic (exact) mass is 218 g/mol. The first-order chi connectivity index (χ1) is 7.66. The third kappa shape index (κ3) is 1.59. The van der Waals surface area contributed by atoms with Crippen molar-refractivity contribution >= 4 is 0 Å². The number of rotatable bonds is 2. The molecule has 0 aliphatic carbocycles. The molecule has 1 aromatic rings. The number of ether oxygens (including phenoxy) is 1. The van der Waals surface area contributed by atoms with Gasteiger partial charge in [0.25, 0.3) is 0 Å². The molecule has 1 saturated heterocycles. The van der Waals surface area contributed by atoms with Gasteiger partial charge >= 0.3 is 0 Å². The van der Waals surface area contributed by atoms with Gasteiger partial charge in [0.1, 0.15) is 5.60 Å². The molecule has 0 saturated carbocycles. The first-order valence-corrected chi connectivity index (χ1v) is 6.03. The second-order valence-electron chi connectivity index (χ2n) is 5.30. The molecule has 2 aliphatic heterocycles. The number of pyridine rings is 1. The van der Waals surface area contributed by atoms with Crippen LogP contribution >= 0.6 is 0 Å². The minimum Gasteiger partial charge on any atom is -0.469 e. The maximum Gasteiger partial charge on any atom is 0.217 e. The number of hydrogen-bond donors (Lipinski definition) is 0. The predicted molar refractivity (Wildman–Crippen MR) is 62.6 cm³/mol. The van der Waals surface area contributed by atoms with Gasteiger partial charge in [0.05, 0.1) is 0 Å². The second kappa shape index (κ2) is 3.45. The van der Waals surface area contributed by atoms with Crippen LogP contribution in [0.15, 0.2) is 18.3 Å². The van der Waals surface area contributed by atoms with E-state index < -0.39 is 0 Å². The Morgan fingerprint density at radius 1 is 1.62 bits per heavy atom. The molecular weight excluding hydrogens is 200 g/mol. The van der Waals surface area contributed by atoms with Gasteiger partial charge in [-0.15, -0.1) is 0 Å². The van der Waals surface area contributed by atoms with Crippen molar-refractivity contribution < 1.29 is 4.74 Å². The van der Waals surface area contributed by atoms with Crippen LogP contribution in [-0.2, 0) is 6.42 Å². The lowest BCUT2D eigenvalue weighted by Gasteiger charge is -2.42. The van der Waals surface area contributed by atoms with Crippen LogP contribution in [0.4, 0.5) is 0 Å². The number of likely N-dealkylation sites (tertiary alicyclic amines) is 1. The number of nitrogens with zero attached hydrogens (tertiary/aromatic N) is 2. The van der Waals surface area contributed by atoms with Gasteiger partial charge < -0.3 is 4.74 Å². The molecule has 16 heavy (non-hydrogen) atoms. The molecule has 0 aromatic carbocycles. The quantitative estimate of drug-likeness (QED) is 0.757. The van der Waals surface area contributed by atoms with Crippen molar-refractivity contribution in [2.45, 2.75) is 38.3 Å². The van der Waals surface area contributed by atoms with Gasteiger partial charge in [0.2, 0.25) is 5.88 Å². The first kappa shape index (κ1) is 10.1. The van der Waals surface area contributed by atoms with Crippen molar-refractivity contribution in [3.63, 3.8) is 0 Å². The average molecular weight is 218 g/mol. The van der Waals surface area contributed by atoms with Gasteiger partial charge in [-0.3, -0.25) is 4.90 Å². The average Bonchev–Trinajstić information content (AvgIpc) is 2.61. The zero-order chi connectivity index (χ0) is 11.2. The molecule has 2 aliphatic rings. The van der Waals surface area contributed by atoms with E-state index in [0.29, 0.717) is 0 Å². The lowest BCUT2D eigenvalue weighted by Crippen LogP contribution is -2.54. The highest BCUT2D eigenvalue weighted by Crippen LogP contribution is 2.34. The minimum absolute atomic E-state index is 0.0780. The highest BCUT2D eigenvalue weighted by Gasteiger charge is 2.39. The second-order valence-corrected chi connectivity index (χ2v) is 5.30. The van der Waals surface area contributed by atoms with E-state index in [1.165, 1.54) is 18.5 Å². The van der Waals surface area contributed by atoms with E-state index in [1.54, 1.807) is 6.20 Å². The molecule has 86 valence electrons. The topological polar surface area (TPSA) is 25.4 Å². The van der Waals surface area contributed by atoms with Crippen LogP contribution in [0.3, 0.4) is 0 Å². The summed E-state index contributed by atoms with van der Waals surface area (Å²) < 4.78 is 6.00. The van der Waals surface area contributed by atoms with Crippen LogP contribution in [-0.4, -0.2) is 34.6 Å². The van der Waals surface area contributed by atoms with Gasteiger partial charge in [0.15, 0.2) is 0 Å². The van der Waals surface area contributed by atoms with Gasteiger partial charge in [-0.1, -0.05) is 6.07 Å². The normalized spacial score (nSPS) is 33.0.